The molecule has 1 saturated heterocycles. The highest BCUT2D eigenvalue weighted by Gasteiger charge is 2.18. The van der Waals surface area contributed by atoms with E-state index >= 15 is 0 Å². The molecule has 0 unspecified atom stereocenters. The van der Waals surface area contributed by atoms with Gasteiger partial charge in [0.15, 0.2) is 0 Å². The number of hydrogen-bond donors (Lipinski definition) is 4. The van der Waals surface area contributed by atoms with Gasteiger partial charge in [0.2, 0.25) is 0 Å². The van der Waals surface area contributed by atoms with E-state index in [1.54, 1.807) is 24.3 Å². The van der Waals surface area contributed by atoms with E-state index in [-0.39, 0.29) is 18.2 Å². The molecule has 0 saturated carbocycles. The molecule has 1 atom stereocenters. The summed E-state index contributed by atoms with van der Waals surface area (Å²) in [5, 5.41) is 18.4. The van der Waals surface area contributed by atoms with E-state index in [1.165, 1.54) is 0 Å². The lowest BCUT2D eigenvalue weighted by atomic mass is 9.95. The predicted molar refractivity (Wildman–Crippen MR) is 127 cm³/mol. The fraction of sp³-hybridized carbons (Fsp3) is 0.423. The molecular formula is C26H33N3O4. The van der Waals surface area contributed by atoms with Crippen molar-refractivity contribution in [2.45, 2.75) is 44.6 Å². The summed E-state index contributed by atoms with van der Waals surface area (Å²) in [6.07, 6.45) is 4.24. The minimum Gasteiger partial charge on any atom is -0.481 e. The molecule has 7 heteroatoms. The summed E-state index contributed by atoms with van der Waals surface area (Å²) in [5.41, 5.74) is 1.86. The Kier molecular flexibility index (Phi) is 9.44. The normalized spacial score (nSPS) is 14.9. The molecule has 176 valence electrons. The average molecular weight is 452 g/mol. The van der Waals surface area contributed by atoms with Crippen molar-refractivity contribution in [3.05, 3.63) is 71.3 Å². The number of aryl methyl sites for hydroxylation is 1. The van der Waals surface area contributed by atoms with E-state index in [0.29, 0.717) is 36.4 Å². The van der Waals surface area contributed by atoms with Crippen LogP contribution in [0.5, 0.6) is 0 Å². The largest absolute Gasteiger partial charge is 0.481 e. The lowest BCUT2D eigenvalue weighted by molar-refractivity contribution is -0.137. The van der Waals surface area contributed by atoms with Crippen molar-refractivity contribution >= 4 is 17.8 Å². The van der Waals surface area contributed by atoms with Crippen LogP contribution in [0.3, 0.4) is 0 Å². The topological polar surface area (TPSA) is 108 Å². The maximum absolute atomic E-state index is 12.8. The van der Waals surface area contributed by atoms with Crippen LogP contribution in [0.1, 0.15) is 58.4 Å². The third-order valence-electron chi connectivity index (χ3n) is 6.06. The van der Waals surface area contributed by atoms with Crippen LogP contribution in [0.2, 0.25) is 0 Å². The Labute approximate surface area is 195 Å². The maximum Gasteiger partial charge on any atom is 0.305 e. The Morgan fingerprint density at radius 1 is 0.970 bits per heavy atom. The zero-order chi connectivity index (χ0) is 23.5. The Hall–Kier alpha value is -3.19. The van der Waals surface area contributed by atoms with Gasteiger partial charge in [-0.25, -0.2) is 0 Å². The first-order valence-electron chi connectivity index (χ1n) is 11.7. The second-order valence-electron chi connectivity index (χ2n) is 8.61. The molecule has 0 aliphatic carbocycles. The van der Waals surface area contributed by atoms with Gasteiger partial charge in [-0.1, -0.05) is 36.4 Å². The number of carbonyl (C=O) groups is 3. The summed E-state index contributed by atoms with van der Waals surface area (Å²) in [6, 6.07) is 15.8. The number of amides is 2. The van der Waals surface area contributed by atoms with Crippen molar-refractivity contribution in [1.29, 1.82) is 0 Å². The SMILES string of the molecule is O=C(O)C[C@@H](CCc1ccccc1)NC(=O)c1cccc(C(=O)NCCC2CCNCC2)c1. The Morgan fingerprint density at radius 3 is 2.36 bits per heavy atom. The van der Waals surface area contributed by atoms with Crippen LogP contribution in [-0.2, 0) is 11.2 Å². The number of piperidine rings is 1. The summed E-state index contributed by atoms with van der Waals surface area (Å²) in [5.74, 6) is -0.913. The number of carboxylic acid groups (broad SMARTS) is 1. The van der Waals surface area contributed by atoms with Crippen molar-refractivity contribution in [3.63, 3.8) is 0 Å². The molecule has 0 bridgehead atoms. The van der Waals surface area contributed by atoms with Gasteiger partial charge in [-0.2, -0.15) is 0 Å². The second kappa shape index (κ2) is 12.7. The molecule has 1 heterocycles. The van der Waals surface area contributed by atoms with Gasteiger partial charge >= 0.3 is 5.97 Å². The van der Waals surface area contributed by atoms with Crippen molar-refractivity contribution in [2.24, 2.45) is 5.92 Å². The summed E-state index contributed by atoms with van der Waals surface area (Å²) < 4.78 is 0. The zero-order valence-corrected chi connectivity index (χ0v) is 18.9. The van der Waals surface area contributed by atoms with Gasteiger partial charge in [0.05, 0.1) is 6.42 Å². The monoisotopic (exact) mass is 451 g/mol. The molecule has 1 aliphatic heterocycles. The number of benzene rings is 2. The number of hydrogen-bond acceptors (Lipinski definition) is 4. The lowest BCUT2D eigenvalue weighted by Crippen LogP contribution is -2.37. The molecular weight excluding hydrogens is 418 g/mol. The van der Waals surface area contributed by atoms with Crippen LogP contribution in [-0.4, -0.2) is 48.6 Å². The summed E-state index contributed by atoms with van der Waals surface area (Å²) in [7, 11) is 0. The standard InChI is InChI=1S/C26H33N3O4/c30-24(31)18-23(10-9-19-5-2-1-3-6-19)29-26(33)22-8-4-7-21(17-22)25(32)28-16-13-20-11-14-27-15-12-20/h1-8,17,20,23,27H,9-16,18H2,(H,28,32)(H,29,33)(H,30,31)/t23-/m1/s1. The molecule has 1 aliphatic rings. The summed E-state index contributed by atoms with van der Waals surface area (Å²) in [4.78, 5) is 36.6. The summed E-state index contributed by atoms with van der Waals surface area (Å²) in [6.45, 7) is 2.67. The average Bonchev–Trinajstić information content (AvgIpc) is 2.83. The van der Waals surface area contributed by atoms with Crippen LogP contribution >= 0.6 is 0 Å². The second-order valence-corrected chi connectivity index (χ2v) is 8.61. The number of carbonyl (C=O) groups excluding carboxylic acids is 2. The zero-order valence-electron chi connectivity index (χ0n) is 18.9. The molecule has 2 aromatic rings. The third kappa shape index (κ3) is 8.35. The number of carboxylic acids is 1. The van der Waals surface area contributed by atoms with Crippen LogP contribution < -0.4 is 16.0 Å². The molecule has 0 radical (unpaired) electrons. The van der Waals surface area contributed by atoms with E-state index in [2.05, 4.69) is 16.0 Å². The molecule has 4 N–H and O–H groups in total. The quantitative estimate of drug-likeness (QED) is 0.420. The highest BCUT2D eigenvalue weighted by atomic mass is 16.4. The summed E-state index contributed by atoms with van der Waals surface area (Å²) >= 11 is 0. The highest BCUT2D eigenvalue weighted by molar-refractivity contribution is 5.99. The van der Waals surface area contributed by atoms with E-state index in [1.807, 2.05) is 30.3 Å². The van der Waals surface area contributed by atoms with Gasteiger partial charge in [0.25, 0.3) is 11.8 Å². The Balaban J connectivity index is 1.54. The minimum absolute atomic E-state index is 0.157. The van der Waals surface area contributed by atoms with Gasteiger partial charge in [-0.15, -0.1) is 0 Å². The molecule has 2 amide bonds. The molecule has 3 rings (SSSR count). The number of nitrogens with one attached hydrogen (secondary N) is 3. The van der Waals surface area contributed by atoms with Crippen LogP contribution in [0.4, 0.5) is 0 Å². The van der Waals surface area contributed by atoms with Gasteiger partial charge in [0.1, 0.15) is 0 Å². The van der Waals surface area contributed by atoms with Gasteiger partial charge in [-0.05, 0) is 74.9 Å². The number of rotatable bonds is 11. The molecule has 0 spiro atoms. The van der Waals surface area contributed by atoms with Crippen molar-refractivity contribution in [1.82, 2.24) is 16.0 Å². The predicted octanol–water partition coefficient (Wildman–Crippen LogP) is 3.01. The fourth-order valence-electron chi connectivity index (χ4n) is 4.15. The smallest absolute Gasteiger partial charge is 0.305 e. The van der Waals surface area contributed by atoms with E-state index < -0.39 is 12.0 Å². The van der Waals surface area contributed by atoms with Gasteiger partial charge < -0.3 is 21.1 Å². The molecule has 33 heavy (non-hydrogen) atoms. The first kappa shape index (κ1) is 24.5. The minimum atomic E-state index is -0.963. The van der Waals surface area contributed by atoms with Crippen LogP contribution in [0, 0.1) is 5.92 Å². The van der Waals surface area contributed by atoms with Crippen molar-refractivity contribution < 1.29 is 19.5 Å². The van der Waals surface area contributed by atoms with Crippen LogP contribution in [0.15, 0.2) is 54.6 Å². The third-order valence-corrected chi connectivity index (χ3v) is 6.06. The molecule has 2 aromatic carbocycles. The van der Waals surface area contributed by atoms with E-state index in [9.17, 15) is 19.5 Å². The van der Waals surface area contributed by atoms with Gasteiger partial charge in [-0.3, -0.25) is 14.4 Å². The molecule has 0 aromatic heterocycles. The molecule has 1 fully saturated rings. The van der Waals surface area contributed by atoms with Crippen molar-refractivity contribution in [3.8, 4) is 0 Å². The van der Waals surface area contributed by atoms with Crippen LogP contribution in [0.25, 0.3) is 0 Å². The maximum atomic E-state index is 12.8. The lowest BCUT2D eigenvalue weighted by Gasteiger charge is -2.22. The van der Waals surface area contributed by atoms with Gasteiger partial charge in [0, 0.05) is 23.7 Å². The fourth-order valence-corrected chi connectivity index (χ4v) is 4.15. The van der Waals surface area contributed by atoms with Crippen molar-refractivity contribution in [2.75, 3.05) is 19.6 Å². The molecule has 7 nitrogen and oxygen atoms in total. The van der Waals surface area contributed by atoms with E-state index in [0.717, 1.165) is 37.9 Å². The van der Waals surface area contributed by atoms with E-state index in [4.69, 9.17) is 0 Å². The first-order chi connectivity index (χ1) is 16.0. The Bertz CT molecular complexity index is 926. The highest BCUT2D eigenvalue weighted by Crippen LogP contribution is 2.15. The first-order valence-corrected chi connectivity index (χ1v) is 11.7. The Morgan fingerprint density at radius 2 is 1.67 bits per heavy atom. The number of aliphatic carboxylic acids is 1.